The molecule has 2 unspecified atom stereocenters. The van der Waals surface area contributed by atoms with Gasteiger partial charge in [-0.1, -0.05) is 6.92 Å². The molecule has 1 heterocycles. The van der Waals surface area contributed by atoms with Crippen LogP contribution in [0.4, 0.5) is 4.39 Å². The van der Waals surface area contributed by atoms with Crippen molar-refractivity contribution >= 4 is 0 Å². The molecule has 1 aromatic rings. The molecule has 0 amide bonds. The number of hydrogen-bond acceptors (Lipinski definition) is 3. The summed E-state index contributed by atoms with van der Waals surface area (Å²) in [5.41, 5.74) is 0.880. The Balaban J connectivity index is 2.67. The van der Waals surface area contributed by atoms with Gasteiger partial charge in [0.1, 0.15) is 5.82 Å². The first kappa shape index (κ1) is 13.1. The Morgan fingerprint density at radius 2 is 2.25 bits per heavy atom. The summed E-state index contributed by atoms with van der Waals surface area (Å²) in [6, 6.07) is 1.64. The van der Waals surface area contributed by atoms with Gasteiger partial charge < -0.3 is 10.1 Å². The van der Waals surface area contributed by atoms with Gasteiger partial charge in [-0.2, -0.15) is 0 Å². The molecule has 2 atom stereocenters. The highest BCUT2D eigenvalue weighted by atomic mass is 19.1. The molecule has 0 radical (unpaired) electrons. The second kappa shape index (κ2) is 6.55. The van der Waals surface area contributed by atoms with E-state index in [1.807, 2.05) is 7.05 Å². The lowest BCUT2D eigenvalue weighted by Gasteiger charge is -2.20. The van der Waals surface area contributed by atoms with Crippen LogP contribution in [0.1, 0.15) is 24.9 Å². The fraction of sp³-hybridized carbons (Fsp3) is 0.583. The molecular weight excluding hydrogens is 207 g/mol. The first-order chi connectivity index (χ1) is 7.67. The SMILES string of the molecule is CNC(CC(C)COC)c1cncc(F)c1. The molecule has 0 aliphatic heterocycles. The molecule has 4 heteroatoms. The fourth-order valence-corrected chi connectivity index (χ4v) is 1.79. The van der Waals surface area contributed by atoms with Crippen molar-refractivity contribution in [3.05, 3.63) is 29.8 Å². The van der Waals surface area contributed by atoms with Crippen LogP contribution < -0.4 is 5.32 Å². The summed E-state index contributed by atoms with van der Waals surface area (Å²) >= 11 is 0. The van der Waals surface area contributed by atoms with E-state index in [4.69, 9.17) is 4.74 Å². The first-order valence-electron chi connectivity index (χ1n) is 5.44. The Bertz CT molecular complexity index is 320. The average Bonchev–Trinajstić information content (AvgIpc) is 2.26. The quantitative estimate of drug-likeness (QED) is 0.807. The molecule has 3 nitrogen and oxygen atoms in total. The van der Waals surface area contributed by atoms with E-state index in [2.05, 4.69) is 17.2 Å². The van der Waals surface area contributed by atoms with Gasteiger partial charge in [0.2, 0.25) is 0 Å². The number of hydrogen-bond donors (Lipinski definition) is 1. The maximum Gasteiger partial charge on any atom is 0.141 e. The normalized spacial score (nSPS) is 14.8. The van der Waals surface area contributed by atoms with Crippen LogP contribution in [0, 0.1) is 11.7 Å². The van der Waals surface area contributed by atoms with E-state index >= 15 is 0 Å². The summed E-state index contributed by atoms with van der Waals surface area (Å²) < 4.78 is 18.1. The molecule has 1 aromatic heterocycles. The largest absolute Gasteiger partial charge is 0.384 e. The lowest BCUT2D eigenvalue weighted by atomic mass is 9.97. The molecule has 0 bridgehead atoms. The number of halogens is 1. The van der Waals surface area contributed by atoms with Gasteiger partial charge in [0, 0.05) is 26.0 Å². The van der Waals surface area contributed by atoms with Crippen LogP contribution in [0.25, 0.3) is 0 Å². The standard InChI is InChI=1S/C12H19FN2O/c1-9(8-16-3)4-12(14-2)10-5-11(13)7-15-6-10/h5-7,9,12,14H,4,8H2,1-3H3. The van der Waals surface area contributed by atoms with Crippen molar-refractivity contribution in [1.82, 2.24) is 10.3 Å². The topological polar surface area (TPSA) is 34.1 Å². The minimum atomic E-state index is -0.294. The predicted octanol–water partition coefficient (Wildman–Crippen LogP) is 2.15. The summed E-state index contributed by atoms with van der Waals surface area (Å²) in [6.07, 6.45) is 3.81. The molecule has 1 N–H and O–H groups in total. The number of pyridine rings is 1. The third kappa shape index (κ3) is 3.87. The predicted molar refractivity (Wildman–Crippen MR) is 61.7 cm³/mol. The Kier molecular flexibility index (Phi) is 5.35. The highest BCUT2D eigenvalue weighted by molar-refractivity contribution is 5.15. The zero-order valence-corrected chi connectivity index (χ0v) is 10.0. The van der Waals surface area contributed by atoms with Crippen LogP contribution >= 0.6 is 0 Å². The Morgan fingerprint density at radius 3 is 2.81 bits per heavy atom. The van der Waals surface area contributed by atoms with Crippen molar-refractivity contribution in [2.75, 3.05) is 20.8 Å². The third-order valence-electron chi connectivity index (χ3n) is 2.57. The van der Waals surface area contributed by atoms with Crippen LogP contribution in [-0.2, 0) is 4.74 Å². The van der Waals surface area contributed by atoms with Gasteiger partial charge in [-0.15, -0.1) is 0 Å². The summed E-state index contributed by atoms with van der Waals surface area (Å²) in [5.74, 6) is 0.128. The Hall–Kier alpha value is -1.00. The molecule has 0 aliphatic rings. The molecule has 0 fully saturated rings. The number of rotatable bonds is 6. The van der Waals surface area contributed by atoms with Crippen molar-refractivity contribution < 1.29 is 9.13 Å². The number of nitrogens with one attached hydrogen (secondary N) is 1. The fourth-order valence-electron chi connectivity index (χ4n) is 1.79. The van der Waals surface area contributed by atoms with E-state index < -0.39 is 0 Å². The van der Waals surface area contributed by atoms with Crippen molar-refractivity contribution in [3.8, 4) is 0 Å². The summed E-state index contributed by atoms with van der Waals surface area (Å²) in [4.78, 5) is 3.86. The number of ether oxygens (including phenoxy) is 1. The van der Waals surface area contributed by atoms with E-state index in [0.717, 1.165) is 12.0 Å². The van der Waals surface area contributed by atoms with Crippen molar-refractivity contribution in [3.63, 3.8) is 0 Å². The zero-order chi connectivity index (χ0) is 12.0. The van der Waals surface area contributed by atoms with Crippen LogP contribution in [0.5, 0.6) is 0 Å². The molecule has 0 aromatic carbocycles. The van der Waals surface area contributed by atoms with Crippen LogP contribution in [0.2, 0.25) is 0 Å². The lowest BCUT2D eigenvalue weighted by molar-refractivity contribution is 0.150. The molecule has 16 heavy (non-hydrogen) atoms. The molecule has 1 rings (SSSR count). The zero-order valence-electron chi connectivity index (χ0n) is 10.0. The van der Waals surface area contributed by atoms with Gasteiger partial charge in [-0.3, -0.25) is 4.98 Å². The van der Waals surface area contributed by atoms with E-state index in [1.54, 1.807) is 13.3 Å². The van der Waals surface area contributed by atoms with Gasteiger partial charge in [0.15, 0.2) is 0 Å². The van der Waals surface area contributed by atoms with E-state index in [-0.39, 0.29) is 11.9 Å². The van der Waals surface area contributed by atoms with Crippen LogP contribution in [-0.4, -0.2) is 25.7 Å². The second-order valence-corrected chi connectivity index (χ2v) is 4.07. The van der Waals surface area contributed by atoms with E-state index in [0.29, 0.717) is 12.5 Å². The maximum atomic E-state index is 13.0. The molecule has 0 saturated carbocycles. The molecular formula is C12H19FN2O. The minimum absolute atomic E-state index is 0.119. The Morgan fingerprint density at radius 1 is 1.50 bits per heavy atom. The molecule has 0 spiro atoms. The Labute approximate surface area is 96.0 Å². The number of aromatic nitrogens is 1. The highest BCUT2D eigenvalue weighted by Gasteiger charge is 2.14. The molecule has 90 valence electrons. The molecule has 0 aliphatic carbocycles. The lowest BCUT2D eigenvalue weighted by Crippen LogP contribution is -2.21. The highest BCUT2D eigenvalue weighted by Crippen LogP contribution is 2.20. The second-order valence-electron chi connectivity index (χ2n) is 4.07. The van der Waals surface area contributed by atoms with E-state index in [1.165, 1.54) is 12.3 Å². The van der Waals surface area contributed by atoms with Gasteiger partial charge >= 0.3 is 0 Å². The maximum absolute atomic E-state index is 13.0. The van der Waals surface area contributed by atoms with Gasteiger partial charge in [0.05, 0.1) is 6.20 Å². The third-order valence-corrected chi connectivity index (χ3v) is 2.57. The van der Waals surface area contributed by atoms with Crippen molar-refractivity contribution in [2.45, 2.75) is 19.4 Å². The average molecular weight is 226 g/mol. The van der Waals surface area contributed by atoms with E-state index in [9.17, 15) is 4.39 Å². The van der Waals surface area contributed by atoms with Crippen LogP contribution in [0.15, 0.2) is 18.5 Å². The summed E-state index contributed by atoms with van der Waals surface area (Å²) in [5, 5.41) is 3.17. The van der Waals surface area contributed by atoms with Crippen LogP contribution in [0.3, 0.4) is 0 Å². The first-order valence-corrected chi connectivity index (χ1v) is 5.44. The molecule has 0 saturated heterocycles. The number of methoxy groups -OCH3 is 1. The smallest absolute Gasteiger partial charge is 0.141 e. The van der Waals surface area contributed by atoms with Gasteiger partial charge in [-0.05, 0) is 31.0 Å². The van der Waals surface area contributed by atoms with Gasteiger partial charge in [-0.25, -0.2) is 4.39 Å². The van der Waals surface area contributed by atoms with Crippen molar-refractivity contribution in [1.29, 1.82) is 0 Å². The minimum Gasteiger partial charge on any atom is -0.384 e. The van der Waals surface area contributed by atoms with Crippen molar-refractivity contribution in [2.24, 2.45) is 5.92 Å². The summed E-state index contributed by atoms with van der Waals surface area (Å²) in [7, 11) is 3.56. The van der Waals surface area contributed by atoms with Gasteiger partial charge in [0.25, 0.3) is 0 Å². The number of nitrogens with zero attached hydrogens (tertiary/aromatic N) is 1. The monoisotopic (exact) mass is 226 g/mol. The summed E-state index contributed by atoms with van der Waals surface area (Å²) in [6.45, 7) is 2.82.